The lowest BCUT2D eigenvalue weighted by Crippen LogP contribution is -2.27. The Morgan fingerprint density at radius 1 is 1.27 bits per heavy atom. The molecule has 0 fully saturated rings. The Bertz CT molecular complexity index is 720. The number of rotatable bonds is 4. The van der Waals surface area contributed by atoms with Crippen molar-refractivity contribution in [2.75, 3.05) is 14.2 Å². The molecule has 4 nitrogen and oxygen atoms in total. The van der Waals surface area contributed by atoms with E-state index in [9.17, 15) is 9.18 Å². The van der Waals surface area contributed by atoms with E-state index < -0.39 is 11.7 Å². The van der Waals surface area contributed by atoms with Crippen LogP contribution in [-0.4, -0.2) is 25.0 Å². The molecule has 0 spiro atoms. The van der Waals surface area contributed by atoms with Crippen LogP contribution >= 0.6 is 0 Å². The number of hydrogen-bond acceptors (Lipinski definition) is 3. The Hall–Kier alpha value is -2.87. The minimum Gasteiger partial charge on any atom is -0.497 e. The first-order chi connectivity index (χ1) is 10.5. The number of carbonyl (C=O) groups is 1. The van der Waals surface area contributed by atoms with Crippen LogP contribution in [0.3, 0.4) is 0 Å². The maximum atomic E-state index is 13.9. The Labute approximate surface area is 128 Å². The molecule has 0 aliphatic heterocycles. The molecule has 0 aromatic heterocycles. The molecule has 1 amide bonds. The summed E-state index contributed by atoms with van der Waals surface area (Å²) >= 11 is 0. The molecule has 2 rings (SSSR count). The van der Waals surface area contributed by atoms with Crippen LogP contribution in [-0.2, 0) is 6.54 Å². The molecule has 0 radical (unpaired) electrons. The number of methoxy groups -OCH3 is 1. The van der Waals surface area contributed by atoms with Gasteiger partial charge < -0.3 is 9.64 Å². The fourth-order valence-electron chi connectivity index (χ4n) is 2.03. The van der Waals surface area contributed by atoms with Gasteiger partial charge in [0.15, 0.2) is 0 Å². The summed E-state index contributed by atoms with van der Waals surface area (Å²) in [7, 11) is 3.04. The van der Waals surface area contributed by atoms with Gasteiger partial charge in [-0.3, -0.25) is 4.79 Å². The van der Waals surface area contributed by atoms with E-state index in [1.807, 2.05) is 6.07 Å². The van der Waals surface area contributed by atoms with Crippen LogP contribution in [0.4, 0.5) is 4.39 Å². The van der Waals surface area contributed by atoms with Gasteiger partial charge in [-0.25, -0.2) is 4.39 Å². The molecule has 0 saturated carbocycles. The highest BCUT2D eigenvalue weighted by atomic mass is 19.1. The van der Waals surface area contributed by atoms with Crippen LogP contribution < -0.4 is 4.74 Å². The zero-order valence-corrected chi connectivity index (χ0v) is 12.3. The second-order valence-corrected chi connectivity index (χ2v) is 4.82. The predicted molar refractivity (Wildman–Crippen MR) is 79.9 cm³/mol. The molecule has 0 aliphatic rings. The molecule has 0 unspecified atom stereocenters. The van der Waals surface area contributed by atoms with E-state index in [0.29, 0.717) is 17.9 Å². The summed E-state index contributed by atoms with van der Waals surface area (Å²) in [5, 5.41) is 8.75. The molecule has 0 atom stereocenters. The minimum absolute atomic E-state index is 0.00283. The summed E-state index contributed by atoms with van der Waals surface area (Å²) in [6.45, 7) is 0.329. The first-order valence-electron chi connectivity index (χ1n) is 6.63. The zero-order valence-electron chi connectivity index (χ0n) is 12.3. The van der Waals surface area contributed by atoms with Crippen LogP contribution in [0.1, 0.15) is 21.5 Å². The van der Waals surface area contributed by atoms with Gasteiger partial charge in [0.05, 0.1) is 24.3 Å². The zero-order chi connectivity index (χ0) is 16.1. The van der Waals surface area contributed by atoms with E-state index in [1.165, 1.54) is 24.1 Å². The van der Waals surface area contributed by atoms with Gasteiger partial charge in [0, 0.05) is 19.7 Å². The molecule has 0 N–H and O–H groups in total. The molecule has 5 heteroatoms. The van der Waals surface area contributed by atoms with Crippen molar-refractivity contribution in [1.82, 2.24) is 4.90 Å². The van der Waals surface area contributed by atoms with Crippen LogP contribution in [0.25, 0.3) is 0 Å². The van der Waals surface area contributed by atoms with Gasteiger partial charge in [-0.1, -0.05) is 12.1 Å². The van der Waals surface area contributed by atoms with Gasteiger partial charge in [-0.2, -0.15) is 5.26 Å². The monoisotopic (exact) mass is 298 g/mol. The SMILES string of the molecule is COc1ccc(C(=O)N(C)Cc2ccc(C#N)cc2)c(F)c1. The van der Waals surface area contributed by atoms with Crippen LogP contribution in [0, 0.1) is 17.1 Å². The van der Waals surface area contributed by atoms with E-state index in [2.05, 4.69) is 0 Å². The van der Waals surface area contributed by atoms with Crippen molar-refractivity contribution in [2.24, 2.45) is 0 Å². The number of halogens is 1. The molecular weight excluding hydrogens is 283 g/mol. The average molecular weight is 298 g/mol. The highest BCUT2D eigenvalue weighted by Crippen LogP contribution is 2.18. The highest BCUT2D eigenvalue weighted by molar-refractivity contribution is 5.94. The number of amides is 1. The van der Waals surface area contributed by atoms with Crippen molar-refractivity contribution in [3.8, 4) is 11.8 Å². The molecule has 0 saturated heterocycles. The van der Waals surface area contributed by atoms with Crippen molar-refractivity contribution in [3.63, 3.8) is 0 Å². The predicted octanol–water partition coefficient (Wildman–Crippen LogP) is 2.98. The van der Waals surface area contributed by atoms with Gasteiger partial charge in [0.25, 0.3) is 5.91 Å². The van der Waals surface area contributed by atoms with E-state index in [0.717, 1.165) is 5.56 Å². The Morgan fingerprint density at radius 2 is 1.95 bits per heavy atom. The average Bonchev–Trinajstić information content (AvgIpc) is 2.54. The number of nitriles is 1. The van der Waals surface area contributed by atoms with Gasteiger partial charge in [-0.05, 0) is 29.8 Å². The fourth-order valence-corrected chi connectivity index (χ4v) is 2.03. The van der Waals surface area contributed by atoms with Crippen LogP contribution in [0.15, 0.2) is 42.5 Å². The maximum absolute atomic E-state index is 13.9. The smallest absolute Gasteiger partial charge is 0.256 e. The summed E-state index contributed by atoms with van der Waals surface area (Å²) in [5.74, 6) is -0.663. The lowest BCUT2D eigenvalue weighted by Gasteiger charge is -2.18. The molecule has 0 bridgehead atoms. The standard InChI is InChI=1S/C17H15FN2O2/c1-20(11-13-5-3-12(10-19)4-6-13)17(21)15-8-7-14(22-2)9-16(15)18/h3-9H,11H2,1-2H3. The minimum atomic E-state index is -0.615. The molecule has 112 valence electrons. The Morgan fingerprint density at radius 3 is 2.50 bits per heavy atom. The largest absolute Gasteiger partial charge is 0.497 e. The van der Waals surface area contributed by atoms with Gasteiger partial charge in [0.2, 0.25) is 0 Å². The van der Waals surface area contributed by atoms with Gasteiger partial charge in [-0.15, -0.1) is 0 Å². The van der Waals surface area contributed by atoms with E-state index in [-0.39, 0.29) is 5.56 Å². The molecule has 0 heterocycles. The fraction of sp³-hybridized carbons (Fsp3) is 0.176. The first kappa shape index (κ1) is 15.5. The molecular formula is C17H15FN2O2. The summed E-state index contributed by atoms with van der Waals surface area (Å²) in [6.07, 6.45) is 0. The number of ether oxygens (including phenoxy) is 1. The topological polar surface area (TPSA) is 53.3 Å². The third kappa shape index (κ3) is 3.41. The lowest BCUT2D eigenvalue weighted by atomic mass is 10.1. The lowest BCUT2D eigenvalue weighted by molar-refractivity contribution is 0.0780. The van der Waals surface area contributed by atoms with Crippen molar-refractivity contribution in [3.05, 3.63) is 65.0 Å². The maximum Gasteiger partial charge on any atom is 0.256 e. The third-order valence-electron chi connectivity index (χ3n) is 3.26. The van der Waals surface area contributed by atoms with Gasteiger partial charge in [0.1, 0.15) is 11.6 Å². The normalized spacial score (nSPS) is 9.91. The first-order valence-corrected chi connectivity index (χ1v) is 6.63. The van der Waals surface area contributed by atoms with Crippen LogP contribution in [0.2, 0.25) is 0 Å². The quantitative estimate of drug-likeness (QED) is 0.872. The molecule has 2 aromatic carbocycles. The number of benzene rings is 2. The van der Waals surface area contributed by atoms with Gasteiger partial charge >= 0.3 is 0 Å². The number of nitrogens with zero attached hydrogens (tertiary/aromatic N) is 2. The van der Waals surface area contributed by atoms with E-state index >= 15 is 0 Å². The number of hydrogen-bond donors (Lipinski definition) is 0. The summed E-state index contributed by atoms with van der Waals surface area (Å²) in [5.41, 5.74) is 1.42. The molecule has 2 aromatic rings. The Balaban J connectivity index is 2.13. The number of carbonyl (C=O) groups excluding carboxylic acids is 1. The van der Waals surface area contributed by atoms with Crippen molar-refractivity contribution in [2.45, 2.75) is 6.54 Å². The van der Waals surface area contributed by atoms with E-state index in [1.54, 1.807) is 37.4 Å². The molecule has 0 aliphatic carbocycles. The second kappa shape index (κ2) is 6.72. The second-order valence-electron chi connectivity index (χ2n) is 4.82. The van der Waals surface area contributed by atoms with E-state index in [4.69, 9.17) is 10.00 Å². The Kier molecular flexibility index (Phi) is 4.74. The molecule has 22 heavy (non-hydrogen) atoms. The van der Waals surface area contributed by atoms with Crippen LogP contribution in [0.5, 0.6) is 5.75 Å². The van der Waals surface area contributed by atoms with Crippen molar-refractivity contribution < 1.29 is 13.9 Å². The third-order valence-corrected chi connectivity index (χ3v) is 3.26. The summed E-state index contributed by atoms with van der Waals surface area (Å²) < 4.78 is 18.8. The summed E-state index contributed by atoms with van der Waals surface area (Å²) in [6, 6.07) is 13.1. The summed E-state index contributed by atoms with van der Waals surface area (Å²) in [4.78, 5) is 13.7. The van der Waals surface area contributed by atoms with Crippen molar-refractivity contribution in [1.29, 1.82) is 5.26 Å². The highest BCUT2D eigenvalue weighted by Gasteiger charge is 2.17. The van der Waals surface area contributed by atoms with Crippen molar-refractivity contribution >= 4 is 5.91 Å².